The molecule has 0 aliphatic rings. The van der Waals surface area contributed by atoms with Gasteiger partial charge in [0.1, 0.15) is 11.5 Å². The highest BCUT2D eigenvalue weighted by Crippen LogP contribution is 2.41. The summed E-state index contributed by atoms with van der Waals surface area (Å²) in [7, 11) is 4.67. The van der Waals surface area contributed by atoms with Crippen molar-refractivity contribution in [2.75, 3.05) is 21.3 Å². The highest BCUT2D eigenvalue weighted by Gasteiger charge is 2.16. The molecule has 0 aliphatic carbocycles. The third-order valence-corrected chi connectivity index (χ3v) is 4.24. The predicted molar refractivity (Wildman–Crippen MR) is 98.7 cm³/mol. The Bertz CT molecular complexity index is 1090. The van der Waals surface area contributed by atoms with Crippen LogP contribution in [0.3, 0.4) is 0 Å². The van der Waals surface area contributed by atoms with E-state index in [4.69, 9.17) is 14.2 Å². The Balaban J connectivity index is 1.75. The van der Waals surface area contributed by atoms with Crippen LogP contribution in [-0.2, 0) is 0 Å². The van der Waals surface area contributed by atoms with Crippen LogP contribution in [0.15, 0.2) is 36.4 Å². The number of aromatic amines is 2. The van der Waals surface area contributed by atoms with Gasteiger partial charge in [-0.05, 0) is 36.4 Å². The van der Waals surface area contributed by atoms with Gasteiger partial charge in [-0.1, -0.05) is 0 Å². The molecule has 0 aliphatic heterocycles. The topological polar surface area (TPSA) is 85.1 Å². The number of rotatable bonds is 5. The van der Waals surface area contributed by atoms with E-state index in [0.717, 1.165) is 5.56 Å². The molecule has 0 saturated carbocycles. The number of nitrogens with one attached hydrogen (secondary N) is 2. The van der Waals surface area contributed by atoms with Crippen molar-refractivity contribution in [3.05, 3.63) is 42.2 Å². The van der Waals surface area contributed by atoms with Gasteiger partial charge in [-0.15, -0.1) is 0 Å². The molecule has 4 aromatic rings. The number of fused-ring (bicyclic) bond motifs is 1. The molecular weight excluding hydrogens is 351 g/mol. The largest absolute Gasteiger partial charge is 0.493 e. The Labute approximate surface area is 154 Å². The number of hydrogen-bond donors (Lipinski definition) is 2. The van der Waals surface area contributed by atoms with Gasteiger partial charge in [-0.2, -0.15) is 5.10 Å². The highest BCUT2D eigenvalue weighted by molar-refractivity contribution is 5.79. The Morgan fingerprint density at radius 2 is 1.67 bits per heavy atom. The molecule has 27 heavy (non-hydrogen) atoms. The fraction of sp³-hybridized carbons (Fsp3) is 0.158. The maximum Gasteiger partial charge on any atom is 0.203 e. The molecule has 0 unspecified atom stereocenters. The Morgan fingerprint density at radius 1 is 0.926 bits per heavy atom. The van der Waals surface area contributed by atoms with Crippen molar-refractivity contribution in [2.45, 2.75) is 0 Å². The lowest BCUT2D eigenvalue weighted by atomic mass is 10.1. The van der Waals surface area contributed by atoms with E-state index >= 15 is 0 Å². The van der Waals surface area contributed by atoms with Gasteiger partial charge in [0, 0.05) is 5.56 Å². The van der Waals surface area contributed by atoms with Gasteiger partial charge >= 0.3 is 0 Å². The third-order valence-electron chi connectivity index (χ3n) is 4.24. The fourth-order valence-corrected chi connectivity index (χ4v) is 2.93. The average molecular weight is 368 g/mol. The van der Waals surface area contributed by atoms with Crippen molar-refractivity contribution in [1.82, 2.24) is 20.2 Å². The molecule has 0 atom stereocenters. The predicted octanol–water partition coefficient (Wildman–Crippen LogP) is 3.78. The summed E-state index contributed by atoms with van der Waals surface area (Å²) in [5.41, 5.74) is 3.43. The smallest absolute Gasteiger partial charge is 0.203 e. The first-order chi connectivity index (χ1) is 13.1. The van der Waals surface area contributed by atoms with Crippen LogP contribution in [0.25, 0.3) is 33.8 Å². The van der Waals surface area contributed by atoms with Gasteiger partial charge in [-0.25, -0.2) is 9.37 Å². The Hall–Kier alpha value is -3.55. The second-order valence-corrected chi connectivity index (χ2v) is 5.83. The van der Waals surface area contributed by atoms with E-state index in [9.17, 15) is 4.39 Å². The molecule has 7 nitrogen and oxygen atoms in total. The summed E-state index contributed by atoms with van der Waals surface area (Å²) in [6, 6.07) is 9.88. The molecule has 0 radical (unpaired) electrons. The van der Waals surface area contributed by atoms with Crippen LogP contribution >= 0.6 is 0 Å². The van der Waals surface area contributed by atoms with Crippen molar-refractivity contribution in [1.29, 1.82) is 0 Å². The number of hydrogen-bond acceptors (Lipinski definition) is 5. The fourth-order valence-electron chi connectivity index (χ4n) is 2.93. The summed E-state index contributed by atoms with van der Waals surface area (Å²) in [4.78, 5) is 7.55. The van der Waals surface area contributed by atoms with Crippen LogP contribution in [0.2, 0.25) is 0 Å². The molecule has 138 valence electrons. The van der Waals surface area contributed by atoms with Crippen molar-refractivity contribution < 1.29 is 18.6 Å². The summed E-state index contributed by atoms with van der Waals surface area (Å²) in [6.45, 7) is 0. The molecule has 8 heteroatoms. The lowest BCUT2D eigenvalue weighted by Gasteiger charge is -2.13. The normalized spacial score (nSPS) is 11.0. The Kier molecular flexibility index (Phi) is 4.15. The number of imidazole rings is 1. The van der Waals surface area contributed by atoms with E-state index in [0.29, 0.717) is 45.5 Å². The summed E-state index contributed by atoms with van der Waals surface area (Å²) < 4.78 is 29.5. The van der Waals surface area contributed by atoms with Crippen molar-refractivity contribution in [3.63, 3.8) is 0 Å². The maximum atomic E-state index is 13.4. The number of H-pyrrole nitrogens is 2. The standard InChI is InChI=1S/C19H17FN4O3/c1-25-16-6-10(7-17(26-2)18(16)27-3)13-9-15(24-23-13)19-21-12-5-4-11(20)8-14(12)22-19/h4-9H,1-3H3,(H,21,22)(H,23,24). The van der Waals surface area contributed by atoms with E-state index in [1.54, 1.807) is 27.4 Å². The Morgan fingerprint density at radius 3 is 2.33 bits per heavy atom. The van der Waals surface area contributed by atoms with Gasteiger partial charge in [0.25, 0.3) is 0 Å². The van der Waals surface area contributed by atoms with Crippen LogP contribution in [0.1, 0.15) is 0 Å². The molecule has 2 N–H and O–H groups in total. The number of aromatic nitrogens is 4. The zero-order chi connectivity index (χ0) is 19.0. The lowest BCUT2D eigenvalue weighted by Crippen LogP contribution is -1.95. The van der Waals surface area contributed by atoms with Gasteiger partial charge in [0.15, 0.2) is 17.3 Å². The zero-order valence-corrected chi connectivity index (χ0v) is 15.0. The van der Waals surface area contributed by atoms with E-state index in [1.807, 2.05) is 18.2 Å². The van der Waals surface area contributed by atoms with E-state index in [1.165, 1.54) is 12.1 Å². The van der Waals surface area contributed by atoms with E-state index in [2.05, 4.69) is 20.2 Å². The van der Waals surface area contributed by atoms with Crippen molar-refractivity contribution >= 4 is 11.0 Å². The van der Waals surface area contributed by atoms with Crippen LogP contribution in [0, 0.1) is 5.82 Å². The second kappa shape index (κ2) is 6.64. The molecule has 0 bridgehead atoms. The van der Waals surface area contributed by atoms with Gasteiger partial charge in [-0.3, -0.25) is 5.10 Å². The first-order valence-corrected chi connectivity index (χ1v) is 8.14. The number of halogens is 1. The number of methoxy groups -OCH3 is 3. The first-order valence-electron chi connectivity index (χ1n) is 8.14. The van der Waals surface area contributed by atoms with Gasteiger partial charge < -0.3 is 19.2 Å². The summed E-state index contributed by atoms with van der Waals surface area (Å²) >= 11 is 0. The number of benzene rings is 2. The zero-order valence-electron chi connectivity index (χ0n) is 15.0. The minimum atomic E-state index is -0.319. The summed E-state index contributed by atoms with van der Waals surface area (Å²) in [6.07, 6.45) is 0. The average Bonchev–Trinajstić information content (AvgIpc) is 3.33. The third kappa shape index (κ3) is 2.95. The molecule has 2 heterocycles. The van der Waals surface area contributed by atoms with Gasteiger partial charge in [0.2, 0.25) is 5.75 Å². The molecular formula is C19H17FN4O3. The van der Waals surface area contributed by atoms with Crippen molar-refractivity contribution in [3.8, 4) is 40.0 Å². The maximum absolute atomic E-state index is 13.4. The molecule has 0 saturated heterocycles. The van der Waals surface area contributed by atoms with Crippen LogP contribution < -0.4 is 14.2 Å². The molecule has 0 fully saturated rings. The molecule has 0 amide bonds. The minimum Gasteiger partial charge on any atom is -0.493 e. The summed E-state index contributed by atoms with van der Waals surface area (Å²) in [5, 5.41) is 7.30. The van der Waals surface area contributed by atoms with E-state index in [-0.39, 0.29) is 5.82 Å². The SMILES string of the molecule is COc1cc(-c2cc(-c3nc4ccc(F)cc4[nH]3)[nH]n2)cc(OC)c1OC. The molecule has 4 rings (SSSR count). The molecule has 0 spiro atoms. The number of nitrogens with zero attached hydrogens (tertiary/aromatic N) is 2. The van der Waals surface area contributed by atoms with E-state index < -0.39 is 0 Å². The van der Waals surface area contributed by atoms with Crippen LogP contribution in [-0.4, -0.2) is 41.5 Å². The molecule has 2 aromatic heterocycles. The van der Waals surface area contributed by atoms with Gasteiger partial charge in [0.05, 0.1) is 38.1 Å². The quantitative estimate of drug-likeness (QED) is 0.560. The molecule has 2 aromatic carbocycles. The number of ether oxygens (including phenoxy) is 3. The monoisotopic (exact) mass is 368 g/mol. The van der Waals surface area contributed by atoms with Crippen LogP contribution in [0.4, 0.5) is 4.39 Å². The van der Waals surface area contributed by atoms with Crippen LogP contribution in [0.5, 0.6) is 17.2 Å². The van der Waals surface area contributed by atoms with Crippen molar-refractivity contribution in [2.24, 2.45) is 0 Å². The summed E-state index contributed by atoms with van der Waals surface area (Å²) in [5.74, 6) is 1.84. The second-order valence-electron chi connectivity index (χ2n) is 5.83. The minimum absolute atomic E-state index is 0.319. The lowest BCUT2D eigenvalue weighted by molar-refractivity contribution is 0.324. The first kappa shape index (κ1) is 16.9. The highest BCUT2D eigenvalue weighted by atomic mass is 19.1.